The van der Waals surface area contributed by atoms with Crippen LogP contribution in [0, 0.1) is 5.92 Å². The Morgan fingerprint density at radius 2 is 2.05 bits per heavy atom. The van der Waals surface area contributed by atoms with Gasteiger partial charge in [0, 0.05) is 6.54 Å². The van der Waals surface area contributed by atoms with E-state index < -0.39 is 0 Å². The number of nitrogens with one attached hydrogen (secondary N) is 1. The molecule has 0 aromatic heterocycles. The Labute approximate surface area is 130 Å². The molecule has 0 aliphatic carbocycles. The highest BCUT2D eigenvalue weighted by molar-refractivity contribution is 5.75. The van der Waals surface area contributed by atoms with Gasteiger partial charge in [-0.15, -0.1) is 0 Å². The maximum atomic E-state index is 11.9. The van der Waals surface area contributed by atoms with Gasteiger partial charge >= 0.3 is 5.97 Å². The number of esters is 1. The molecule has 0 bridgehead atoms. The van der Waals surface area contributed by atoms with Gasteiger partial charge < -0.3 is 19.9 Å². The van der Waals surface area contributed by atoms with Gasteiger partial charge in [0.25, 0.3) is 0 Å². The van der Waals surface area contributed by atoms with Gasteiger partial charge in [0.1, 0.15) is 6.04 Å². The normalized spacial score (nSPS) is 18.9. The molecule has 21 heavy (non-hydrogen) atoms. The average molecular weight is 299 g/mol. The third-order valence-electron chi connectivity index (χ3n) is 4.23. The first-order chi connectivity index (χ1) is 10.1. The Kier molecular flexibility index (Phi) is 8.88. The lowest BCUT2D eigenvalue weighted by Crippen LogP contribution is -2.41. The van der Waals surface area contributed by atoms with Gasteiger partial charge in [0.2, 0.25) is 0 Å². The van der Waals surface area contributed by atoms with Crippen molar-refractivity contribution in [3.05, 3.63) is 0 Å². The molecular weight excluding hydrogens is 266 g/mol. The maximum Gasteiger partial charge on any atom is 0.323 e. The van der Waals surface area contributed by atoms with Crippen LogP contribution in [-0.2, 0) is 9.53 Å². The van der Waals surface area contributed by atoms with E-state index in [1.807, 2.05) is 13.8 Å². The molecule has 1 heterocycles. The number of likely N-dealkylation sites (tertiary alicyclic amines) is 1. The van der Waals surface area contributed by atoms with Crippen molar-refractivity contribution in [3.8, 4) is 0 Å². The van der Waals surface area contributed by atoms with Crippen molar-refractivity contribution < 1.29 is 9.53 Å². The van der Waals surface area contributed by atoms with Crippen molar-refractivity contribution in [2.24, 2.45) is 5.92 Å². The lowest BCUT2D eigenvalue weighted by atomic mass is 9.96. The summed E-state index contributed by atoms with van der Waals surface area (Å²) in [5.41, 5.74) is 0. The number of piperidine rings is 1. The quantitative estimate of drug-likeness (QED) is 0.648. The second kappa shape index (κ2) is 10.1. The summed E-state index contributed by atoms with van der Waals surface area (Å²) < 4.78 is 5.13. The SMILES string of the molecule is CCNC(CCN(C)CC1CCN(C)CC1)C(=O)OCC. The number of likely N-dealkylation sites (N-methyl/N-ethyl adjacent to an activating group) is 1. The van der Waals surface area contributed by atoms with E-state index in [0.717, 1.165) is 32.0 Å². The van der Waals surface area contributed by atoms with Crippen LogP contribution in [0.3, 0.4) is 0 Å². The molecule has 0 spiro atoms. The van der Waals surface area contributed by atoms with E-state index in [4.69, 9.17) is 4.74 Å². The monoisotopic (exact) mass is 299 g/mol. The summed E-state index contributed by atoms with van der Waals surface area (Å²) in [5, 5.41) is 3.22. The number of nitrogens with zero attached hydrogens (tertiary/aromatic N) is 2. The number of ether oxygens (including phenoxy) is 1. The molecule has 1 aliphatic rings. The van der Waals surface area contributed by atoms with Gasteiger partial charge in [-0.25, -0.2) is 0 Å². The molecule has 1 rings (SSSR count). The van der Waals surface area contributed by atoms with Crippen LogP contribution in [0.15, 0.2) is 0 Å². The molecule has 1 aliphatic heterocycles. The minimum absolute atomic E-state index is 0.118. The molecule has 0 radical (unpaired) electrons. The van der Waals surface area contributed by atoms with Crippen LogP contribution in [-0.4, -0.2) is 75.2 Å². The van der Waals surface area contributed by atoms with Crippen LogP contribution in [0.2, 0.25) is 0 Å². The van der Waals surface area contributed by atoms with Crippen molar-refractivity contribution in [3.63, 3.8) is 0 Å². The summed E-state index contributed by atoms with van der Waals surface area (Å²) in [4.78, 5) is 16.6. The van der Waals surface area contributed by atoms with Gasteiger partial charge in [-0.3, -0.25) is 4.79 Å². The Morgan fingerprint density at radius 3 is 2.62 bits per heavy atom. The summed E-state index contributed by atoms with van der Waals surface area (Å²) in [6, 6.07) is -0.171. The Hall–Kier alpha value is -0.650. The molecule has 0 aromatic rings. The Bertz CT molecular complexity index is 291. The van der Waals surface area contributed by atoms with Crippen molar-refractivity contribution in [2.75, 3.05) is 53.4 Å². The van der Waals surface area contributed by atoms with Crippen molar-refractivity contribution in [1.29, 1.82) is 0 Å². The zero-order valence-electron chi connectivity index (χ0n) is 14.2. The third-order valence-corrected chi connectivity index (χ3v) is 4.23. The van der Waals surface area contributed by atoms with E-state index >= 15 is 0 Å². The molecule has 0 amide bonds. The van der Waals surface area contributed by atoms with E-state index in [0.29, 0.717) is 6.61 Å². The predicted octanol–water partition coefficient (Wildman–Crippen LogP) is 1.19. The van der Waals surface area contributed by atoms with Gasteiger partial charge in [0.15, 0.2) is 0 Å². The number of carbonyl (C=O) groups excluding carboxylic acids is 1. The first-order valence-corrected chi connectivity index (χ1v) is 8.33. The highest BCUT2D eigenvalue weighted by Crippen LogP contribution is 2.16. The molecule has 0 saturated carbocycles. The fourth-order valence-electron chi connectivity index (χ4n) is 2.92. The second-order valence-corrected chi connectivity index (χ2v) is 6.16. The van der Waals surface area contributed by atoms with Gasteiger partial charge in [-0.05, 0) is 72.4 Å². The summed E-state index contributed by atoms with van der Waals surface area (Å²) in [7, 11) is 4.35. The number of hydrogen-bond donors (Lipinski definition) is 1. The highest BCUT2D eigenvalue weighted by Gasteiger charge is 2.21. The van der Waals surface area contributed by atoms with Crippen LogP contribution in [0.4, 0.5) is 0 Å². The zero-order chi connectivity index (χ0) is 15.7. The molecule has 1 fully saturated rings. The highest BCUT2D eigenvalue weighted by atomic mass is 16.5. The summed E-state index contributed by atoms with van der Waals surface area (Å²) in [6.45, 7) is 9.61. The molecule has 5 nitrogen and oxygen atoms in total. The van der Waals surface area contributed by atoms with E-state index in [-0.39, 0.29) is 12.0 Å². The number of rotatable bonds is 9. The smallest absolute Gasteiger partial charge is 0.323 e. The summed E-state index contributed by atoms with van der Waals surface area (Å²) >= 11 is 0. The largest absolute Gasteiger partial charge is 0.465 e. The fourth-order valence-corrected chi connectivity index (χ4v) is 2.92. The van der Waals surface area contributed by atoms with Crippen LogP contribution >= 0.6 is 0 Å². The molecule has 1 saturated heterocycles. The fraction of sp³-hybridized carbons (Fsp3) is 0.938. The predicted molar refractivity (Wildman–Crippen MR) is 86.4 cm³/mol. The molecule has 1 atom stereocenters. The van der Waals surface area contributed by atoms with E-state index in [1.54, 1.807) is 0 Å². The lowest BCUT2D eigenvalue weighted by molar-refractivity contribution is -0.145. The standard InChI is InChI=1S/C16H33N3O2/c1-5-17-15(16(20)21-6-2)9-12-19(4)13-14-7-10-18(3)11-8-14/h14-15,17H,5-13H2,1-4H3. The van der Waals surface area contributed by atoms with Crippen LogP contribution < -0.4 is 5.32 Å². The molecule has 5 heteroatoms. The summed E-state index contributed by atoms with van der Waals surface area (Å²) in [5.74, 6) is 0.679. The zero-order valence-corrected chi connectivity index (χ0v) is 14.2. The molecule has 1 unspecified atom stereocenters. The van der Waals surface area contributed by atoms with Crippen LogP contribution in [0.1, 0.15) is 33.1 Å². The van der Waals surface area contributed by atoms with Gasteiger partial charge in [0.05, 0.1) is 6.61 Å². The third kappa shape index (κ3) is 7.25. The Balaban J connectivity index is 2.28. The minimum atomic E-state index is -0.171. The van der Waals surface area contributed by atoms with Gasteiger partial charge in [-0.2, -0.15) is 0 Å². The topological polar surface area (TPSA) is 44.8 Å². The van der Waals surface area contributed by atoms with E-state index in [2.05, 4.69) is 29.2 Å². The first kappa shape index (κ1) is 18.4. The van der Waals surface area contributed by atoms with E-state index in [9.17, 15) is 4.79 Å². The Morgan fingerprint density at radius 1 is 1.38 bits per heavy atom. The molecular formula is C16H33N3O2. The van der Waals surface area contributed by atoms with Gasteiger partial charge in [-0.1, -0.05) is 6.92 Å². The average Bonchev–Trinajstić information content (AvgIpc) is 2.46. The molecule has 1 N–H and O–H groups in total. The van der Waals surface area contributed by atoms with Crippen molar-refractivity contribution >= 4 is 5.97 Å². The molecule has 124 valence electrons. The number of carbonyl (C=O) groups is 1. The molecule has 0 aromatic carbocycles. The van der Waals surface area contributed by atoms with Crippen molar-refractivity contribution in [1.82, 2.24) is 15.1 Å². The van der Waals surface area contributed by atoms with Crippen LogP contribution in [0.25, 0.3) is 0 Å². The minimum Gasteiger partial charge on any atom is -0.465 e. The second-order valence-electron chi connectivity index (χ2n) is 6.16. The summed E-state index contributed by atoms with van der Waals surface area (Å²) in [6.07, 6.45) is 3.39. The van der Waals surface area contributed by atoms with Crippen molar-refractivity contribution in [2.45, 2.75) is 39.2 Å². The lowest BCUT2D eigenvalue weighted by Gasteiger charge is -2.32. The first-order valence-electron chi connectivity index (χ1n) is 8.33. The van der Waals surface area contributed by atoms with E-state index in [1.165, 1.54) is 25.9 Å². The van der Waals surface area contributed by atoms with Crippen LogP contribution in [0.5, 0.6) is 0 Å². The number of hydrogen-bond acceptors (Lipinski definition) is 5. The maximum absolute atomic E-state index is 11.9.